The lowest BCUT2D eigenvalue weighted by atomic mass is 10.2. The van der Waals surface area contributed by atoms with Gasteiger partial charge in [0.05, 0.1) is 19.9 Å². The van der Waals surface area contributed by atoms with Crippen molar-refractivity contribution in [3.8, 4) is 11.5 Å². The van der Waals surface area contributed by atoms with Crippen molar-refractivity contribution in [2.75, 3.05) is 13.7 Å². The number of carbonyl (C=O) groups is 1. The maximum atomic E-state index is 12.1. The summed E-state index contributed by atoms with van der Waals surface area (Å²) in [5.74, 6) is 1.25. The van der Waals surface area contributed by atoms with Crippen molar-refractivity contribution in [1.29, 1.82) is 0 Å². The Morgan fingerprint density at radius 3 is 2.62 bits per heavy atom. The molecule has 0 aliphatic rings. The molecule has 5 nitrogen and oxygen atoms in total. The minimum Gasteiger partial charge on any atom is -0.497 e. The van der Waals surface area contributed by atoms with Gasteiger partial charge in [-0.2, -0.15) is 5.10 Å². The first-order chi connectivity index (χ1) is 12.7. The maximum absolute atomic E-state index is 12.1. The van der Waals surface area contributed by atoms with E-state index in [4.69, 9.17) is 9.47 Å². The third kappa shape index (κ3) is 6.59. The van der Waals surface area contributed by atoms with E-state index in [1.54, 1.807) is 37.6 Å². The summed E-state index contributed by atoms with van der Waals surface area (Å²) in [5, 5.41) is 3.98. The fourth-order valence-corrected chi connectivity index (χ4v) is 2.37. The average molecular weight is 354 g/mol. The molecule has 2 rings (SSSR count). The van der Waals surface area contributed by atoms with E-state index in [1.165, 1.54) is 19.3 Å². The van der Waals surface area contributed by atoms with Crippen molar-refractivity contribution >= 4 is 12.1 Å². The highest BCUT2D eigenvalue weighted by molar-refractivity contribution is 5.95. The maximum Gasteiger partial charge on any atom is 0.271 e. The Kier molecular flexibility index (Phi) is 8.19. The lowest BCUT2D eigenvalue weighted by molar-refractivity contribution is 0.0955. The number of amides is 1. The first kappa shape index (κ1) is 19.5. The van der Waals surface area contributed by atoms with Crippen molar-refractivity contribution in [3.05, 3.63) is 59.7 Å². The van der Waals surface area contributed by atoms with Crippen LogP contribution in [-0.2, 0) is 0 Å². The molecule has 0 atom stereocenters. The third-order valence-corrected chi connectivity index (χ3v) is 3.86. The minimum absolute atomic E-state index is 0.265. The van der Waals surface area contributed by atoms with Gasteiger partial charge < -0.3 is 9.47 Å². The summed E-state index contributed by atoms with van der Waals surface area (Å²) in [5.41, 5.74) is 3.90. The topological polar surface area (TPSA) is 59.9 Å². The van der Waals surface area contributed by atoms with E-state index in [-0.39, 0.29) is 5.91 Å². The predicted octanol–water partition coefficient (Wildman–Crippen LogP) is 4.42. The molecule has 1 N–H and O–H groups in total. The van der Waals surface area contributed by atoms with Gasteiger partial charge in [-0.3, -0.25) is 4.79 Å². The molecular weight excluding hydrogens is 328 g/mol. The molecular formula is C21H26N2O3. The predicted molar refractivity (Wildman–Crippen MR) is 104 cm³/mol. The zero-order valence-electron chi connectivity index (χ0n) is 15.4. The van der Waals surface area contributed by atoms with Crippen LogP contribution < -0.4 is 14.9 Å². The molecule has 2 aromatic carbocycles. The highest BCUT2D eigenvalue weighted by Gasteiger charge is 2.04. The molecule has 26 heavy (non-hydrogen) atoms. The van der Waals surface area contributed by atoms with Crippen LogP contribution in [0.4, 0.5) is 0 Å². The lowest BCUT2D eigenvalue weighted by Crippen LogP contribution is -2.17. The number of benzene rings is 2. The molecule has 0 saturated carbocycles. The first-order valence-corrected chi connectivity index (χ1v) is 8.93. The number of carbonyl (C=O) groups excluding carboxylic acids is 1. The quantitative estimate of drug-likeness (QED) is 0.390. The van der Waals surface area contributed by atoms with E-state index in [0.717, 1.165) is 23.5 Å². The molecule has 0 aliphatic carbocycles. The van der Waals surface area contributed by atoms with Crippen molar-refractivity contribution < 1.29 is 14.3 Å². The van der Waals surface area contributed by atoms with Crippen LogP contribution in [0.1, 0.15) is 48.5 Å². The molecule has 0 heterocycles. The monoisotopic (exact) mass is 354 g/mol. The van der Waals surface area contributed by atoms with Crippen LogP contribution in [0, 0.1) is 0 Å². The van der Waals surface area contributed by atoms with E-state index in [0.29, 0.717) is 12.2 Å². The number of rotatable bonds is 10. The largest absolute Gasteiger partial charge is 0.497 e. The number of hydrogen-bond acceptors (Lipinski definition) is 4. The molecule has 2 aromatic rings. The molecule has 0 spiro atoms. The van der Waals surface area contributed by atoms with E-state index < -0.39 is 0 Å². The Morgan fingerprint density at radius 1 is 1.08 bits per heavy atom. The van der Waals surface area contributed by atoms with Crippen molar-refractivity contribution in [1.82, 2.24) is 5.43 Å². The Bertz CT molecular complexity index is 711. The second-order valence-electron chi connectivity index (χ2n) is 5.91. The molecule has 138 valence electrons. The molecule has 5 heteroatoms. The van der Waals surface area contributed by atoms with Gasteiger partial charge in [0.15, 0.2) is 0 Å². The molecule has 0 bridgehead atoms. The zero-order valence-corrected chi connectivity index (χ0v) is 15.4. The van der Waals surface area contributed by atoms with Gasteiger partial charge in [0.2, 0.25) is 0 Å². The average Bonchev–Trinajstić information content (AvgIpc) is 2.68. The Labute approximate surface area is 155 Å². The minimum atomic E-state index is -0.265. The summed E-state index contributed by atoms with van der Waals surface area (Å²) in [4.78, 5) is 12.1. The summed E-state index contributed by atoms with van der Waals surface area (Å²) in [6, 6.07) is 14.5. The molecule has 0 aromatic heterocycles. The number of nitrogens with zero attached hydrogens (tertiary/aromatic N) is 1. The van der Waals surface area contributed by atoms with Gasteiger partial charge in [-0.15, -0.1) is 0 Å². The van der Waals surface area contributed by atoms with Crippen LogP contribution in [0.2, 0.25) is 0 Å². The SMILES string of the molecule is CCCCCCOc1ccc(C(=O)N/N=C/c2cccc(OC)c2)cc1. The third-order valence-electron chi connectivity index (χ3n) is 3.86. The van der Waals surface area contributed by atoms with Gasteiger partial charge in [-0.1, -0.05) is 38.3 Å². The standard InChI is InChI=1S/C21H26N2O3/c1-3-4-5-6-14-26-19-12-10-18(11-13-19)21(24)23-22-16-17-8-7-9-20(15-17)25-2/h7-13,15-16H,3-6,14H2,1-2H3,(H,23,24)/b22-16+. The van der Waals surface area contributed by atoms with Crippen LogP contribution in [0.5, 0.6) is 11.5 Å². The van der Waals surface area contributed by atoms with Gasteiger partial charge in [0.25, 0.3) is 5.91 Å². The number of hydrogen-bond donors (Lipinski definition) is 1. The van der Waals surface area contributed by atoms with Gasteiger partial charge in [0.1, 0.15) is 11.5 Å². The van der Waals surface area contributed by atoms with E-state index in [1.807, 2.05) is 24.3 Å². The second-order valence-corrected chi connectivity index (χ2v) is 5.91. The second kappa shape index (κ2) is 10.9. The molecule has 0 unspecified atom stereocenters. The molecule has 0 aliphatic heterocycles. The number of methoxy groups -OCH3 is 1. The fourth-order valence-electron chi connectivity index (χ4n) is 2.37. The van der Waals surface area contributed by atoms with Gasteiger partial charge in [-0.05, 0) is 48.4 Å². The highest BCUT2D eigenvalue weighted by atomic mass is 16.5. The highest BCUT2D eigenvalue weighted by Crippen LogP contribution is 2.13. The summed E-state index contributed by atoms with van der Waals surface area (Å²) in [7, 11) is 1.61. The lowest BCUT2D eigenvalue weighted by Gasteiger charge is -2.06. The van der Waals surface area contributed by atoms with Gasteiger partial charge in [-0.25, -0.2) is 5.43 Å². The normalized spacial score (nSPS) is 10.7. The smallest absolute Gasteiger partial charge is 0.271 e. The summed E-state index contributed by atoms with van der Waals surface area (Å²) >= 11 is 0. The van der Waals surface area contributed by atoms with Crippen LogP contribution in [-0.4, -0.2) is 25.8 Å². The van der Waals surface area contributed by atoms with Crippen molar-refractivity contribution in [3.63, 3.8) is 0 Å². The number of hydrazone groups is 1. The van der Waals surface area contributed by atoms with Crippen LogP contribution >= 0.6 is 0 Å². The molecule has 0 saturated heterocycles. The zero-order chi connectivity index (χ0) is 18.6. The summed E-state index contributed by atoms with van der Waals surface area (Å²) in [6.07, 6.45) is 6.26. The van der Waals surface area contributed by atoms with Gasteiger partial charge >= 0.3 is 0 Å². The van der Waals surface area contributed by atoms with E-state index in [2.05, 4.69) is 17.5 Å². The number of ether oxygens (including phenoxy) is 2. The fraction of sp³-hybridized carbons (Fsp3) is 0.333. The van der Waals surface area contributed by atoms with Crippen molar-refractivity contribution in [2.45, 2.75) is 32.6 Å². The van der Waals surface area contributed by atoms with Crippen LogP contribution in [0.25, 0.3) is 0 Å². The Balaban J connectivity index is 1.80. The molecule has 0 radical (unpaired) electrons. The van der Waals surface area contributed by atoms with Crippen LogP contribution in [0.3, 0.4) is 0 Å². The molecule has 1 amide bonds. The van der Waals surface area contributed by atoms with E-state index in [9.17, 15) is 4.79 Å². The summed E-state index contributed by atoms with van der Waals surface area (Å²) < 4.78 is 10.8. The Hall–Kier alpha value is -2.82. The number of nitrogens with one attached hydrogen (secondary N) is 1. The number of unbranched alkanes of at least 4 members (excludes halogenated alkanes) is 3. The Morgan fingerprint density at radius 2 is 1.88 bits per heavy atom. The van der Waals surface area contributed by atoms with Gasteiger partial charge in [0, 0.05) is 5.56 Å². The van der Waals surface area contributed by atoms with Crippen molar-refractivity contribution in [2.24, 2.45) is 5.10 Å². The summed E-state index contributed by atoms with van der Waals surface area (Å²) in [6.45, 7) is 2.89. The van der Waals surface area contributed by atoms with Crippen LogP contribution in [0.15, 0.2) is 53.6 Å². The van der Waals surface area contributed by atoms with E-state index >= 15 is 0 Å². The first-order valence-electron chi connectivity index (χ1n) is 8.93. The molecule has 0 fully saturated rings.